The molecule has 1 aromatic heterocycles. The maximum absolute atomic E-state index is 14.5. The van der Waals surface area contributed by atoms with Crippen LogP contribution in [-0.2, 0) is 0 Å². The minimum absolute atomic E-state index is 0.00893. The number of benzene rings is 2. The van der Waals surface area contributed by atoms with Gasteiger partial charge in [-0.1, -0.05) is 13.0 Å². The van der Waals surface area contributed by atoms with Crippen LogP contribution in [0.15, 0.2) is 48.7 Å². The second-order valence-electron chi connectivity index (χ2n) is 9.28. The summed E-state index contributed by atoms with van der Waals surface area (Å²) >= 11 is 0. The van der Waals surface area contributed by atoms with Gasteiger partial charge in [-0.3, -0.25) is 4.79 Å². The molecule has 198 valence electrons. The Morgan fingerprint density at radius 2 is 1.97 bits per heavy atom. The van der Waals surface area contributed by atoms with Gasteiger partial charge in [-0.25, -0.2) is 23.5 Å². The van der Waals surface area contributed by atoms with Crippen molar-refractivity contribution >= 4 is 23.3 Å². The number of hydrogen-bond donors (Lipinski definition) is 2. The van der Waals surface area contributed by atoms with Gasteiger partial charge in [0.2, 0.25) is 0 Å². The van der Waals surface area contributed by atoms with E-state index in [9.17, 15) is 18.4 Å². The number of nitrogens with zero attached hydrogens (tertiary/aromatic N) is 4. The number of rotatable bonds is 7. The van der Waals surface area contributed by atoms with Gasteiger partial charge in [-0.15, -0.1) is 0 Å². The van der Waals surface area contributed by atoms with Crippen molar-refractivity contribution in [2.24, 2.45) is 0 Å². The van der Waals surface area contributed by atoms with E-state index < -0.39 is 17.5 Å². The highest BCUT2D eigenvalue weighted by atomic mass is 19.1. The number of hydrogen-bond acceptors (Lipinski definition) is 6. The zero-order valence-electron chi connectivity index (χ0n) is 21.1. The lowest BCUT2D eigenvalue weighted by Gasteiger charge is -2.36. The van der Waals surface area contributed by atoms with E-state index in [2.05, 4.69) is 25.5 Å². The van der Waals surface area contributed by atoms with Crippen LogP contribution in [0.4, 0.5) is 25.0 Å². The molecule has 2 fully saturated rings. The zero-order valence-corrected chi connectivity index (χ0v) is 21.1. The SMILES string of the molecule is CCCNC(=O)N1C[C@H]2C[C@@H]1CN2c1ccc(F)cc1NC(=O)c1ccnc(-c2c(F)cccc2OC)n1. The molecule has 2 atom stereocenters. The first-order valence-electron chi connectivity index (χ1n) is 12.5. The highest BCUT2D eigenvalue weighted by molar-refractivity contribution is 6.05. The van der Waals surface area contributed by atoms with Crippen molar-refractivity contribution in [2.45, 2.75) is 31.8 Å². The molecule has 0 radical (unpaired) electrons. The summed E-state index contributed by atoms with van der Waals surface area (Å²) in [5.74, 6) is -1.47. The smallest absolute Gasteiger partial charge is 0.317 e. The Kier molecular flexibility index (Phi) is 7.08. The molecular weight excluding hydrogens is 494 g/mol. The van der Waals surface area contributed by atoms with E-state index >= 15 is 0 Å². The zero-order chi connectivity index (χ0) is 26.8. The molecule has 3 aromatic rings. The number of carbonyl (C=O) groups excluding carboxylic acids is 2. The molecule has 2 aromatic carbocycles. The molecule has 11 heteroatoms. The number of methoxy groups -OCH3 is 1. The molecule has 5 rings (SSSR count). The molecule has 2 saturated heterocycles. The Labute approximate surface area is 218 Å². The minimum atomic E-state index is -0.597. The van der Waals surface area contributed by atoms with Gasteiger partial charge in [0, 0.05) is 31.9 Å². The first-order chi connectivity index (χ1) is 18.4. The molecule has 2 aliphatic rings. The van der Waals surface area contributed by atoms with Crippen molar-refractivity contribution in [1.82, 2.24) is 20.2 Å². The van der Waals surface area contributed by atoms with Crippen LogP contribution in [-0.4, -0.2) is 65.6 Å². The lowest BCUT2D eigenvalue weighted by molar-refractivity contribution is 0.102. The summed E-state index contributed by atoms with van der Waals surface area (Å²) in [6.07, 6.45) is 3.01. The van der Waals surface area contributed by atoms with Crippen LogP contribution < -0.4 is 20.3 Å². The van der Waals surface area contributed by atoms with Crippen LogP contribution in [0.25, 0.3) is 11.4 Å². The van der Waals surface area contributed by atoms with Crippen molar-refractivity contribution in [2.75, 3.05) is 37.0 Å². The standard InChI is InChI=1S/C27H28F2N6O3/c1-3-10-31-27(37)35-15-17-13-18(35)14-34(17)22-8-7-16(28)12-21(22)33-26(36)20-9-11-30-25(32-20)24-19(29)5-4-6-23(24)38-2/h4-9,11-12,17-18H,3,10,13-15H2,1-2H3,(H,31,37)(H,33,36)/t17-,18-/m1/s1. The number of anilines is 2. The summed E-state index contributed by atoms with van der Waals surface area (Å²) < 4.78 is 34.0. The third-order valence-corrected chi connectivity index (χ3v) is 6.85. The second kappa shape index (κ2) is 10.6. The monoisotopic (exact) mass is 522 g/mol. The first kappa shape index (κ1) is 25.4. The summed E-state index contributed by atoms with van der Waals surface area (Å²) in [6, 6.07) is 9.97. The number of nitrogens with one attached hydrogen (secondary N) is 2. The van der Waals surface area contributed by atoms with Crippen molar-refractivity contribution in [3.8, 4) is 17.1 Å². The first-order valence-corrected chi connectivity index (χ1v) is 12.5. The Morgan fingerprint density at radius 3 is 2.71 bits per heavy atom. The molecule has 9 nitrogen and oxygen atoms in total. The number of likely N-dealkylation sites (tertiary alicyclic amines) is 1. The van der Waals surface area contributed by atoms with Crippen LogP contribution in [0.3, 0.4) is 0 Å². The van der Waals surface area contributed by atoms with Crippen LogP contribution in [0.5, 0.6) is 5.75 Å². The van der Waals surface area contributed by atoms with Crippen LogP contribution in [0, 0.1) is 11.6 Å². The van der Waals surface area contributed by atoms with Gasteiger partial charge in [-0.2, -0.15) is 0 Å². The number of piperazine rings is 1. The largest absolute Gasteiger partial charge is 0.496 e. The number of aromatic nitrogens is 2. The third kappa shape index (κ3) is 4.83. The van der Waals surface area contributed by atoms with Gasteiger partial charge in [0.1, 0.15) is 23.1 Å². The topological polar surface area (TPSA) is 99.7 Å². The molecule has 3 amide bonds. The van der Waals surface area contributed by atoms with Crippen LogP contribution in [0.1, 0.15) is 30.3 Å². The van der Waals surface area contributed by atoms with E-state index in [0.29, 0.717) is 25.3 Å². The summed E-state index contributed by atoms with van der Waals surface area (Å²) in [7, 11) is 1.40. The second-order valence-corrected chi connectivity index (χ2v) is 9.28. The number of fused-ring (bicyclic) bond motifs is 2. The Hall–Kier alpha value is -4.28. The number of carbonyl (C=O) groups is 2. The van der Waals surface area contributed by atoms with E-state index in [0.717, 1.165) is 12.8 Å². The van der Waals surface area contributed by atoms with Crippen molar-refractivity contribution in [3.05, 3.63) is 66.0 Å². The van der Waals surface area contributed by atoms with E-state index in [-0.39, 0.29) is 46.6 Å². The van der Waals surface area contributed by atoms with Crippen molar-refractivity contribution < 1.29 is 23.1 Å². The summed E-state index contributed by atoms with van der Waals surface area (Å²) in [6.45, 7) is 3.74. The van der Waals surface area contributed by atoms with E-state index in [1.807, 2.05) is 11.8 Å². The van der Waals surface area contributed by atoms with Crippen molar-refractivity contribution in [1.29, 1.82) is 0 Å². The molecule has 2 N–H and O–H groups in total. The molecule has 2 aliphatic heterocycles. The number of ether oxygens (including phenoxy) is 1. The molecule has 38 heavy (non-hydrogen) atoms. The predicted molar refractivity (Wildman–Crippen MR) is 138 cm³/mol. The fraction of sp³-hybridized carbons (Fsp3) is 0.333. The molecule has 0 saturated carbocycles. The number of urea groups is 1. The maximum Gasteiger partial charge on any atom is 0.317 e. The fourth-order valence-corrected chi connectivity index (χ4v) is 5.09. The quantitative estimate of drug-likeness (QED) is 0.486. The maximum atomic E-state index is 14.5. The van der Waals surface area contributed by atoms with Gasteiger partial charge < -0.3 is 25.2 Å². The van der Waals surface area contributed by atoms with E-state index in [1.54, 1.807) is 12.1 Å². The van der Waals surface area contributed by atoms with Gasteiger partial charge in [0.25, 0.3) is 5.91 Å². The predicted octanol–water partition coefficient (Wildman–Crippen LogP) is 4.07. The van der Waals surface area contributed by atoms with Gasteiger partial charge in [0.15, 0.2) is 5.82 Å². The van der Waals surface area contributed by atoms with Crippen LogP contribution >= 0.6 is 0 Å². The van der Waals surface area contributed by atoms with Crippen LogP contribution in [0.2, 0.25) is 0 Å². The molecule has 3 heterocycles. The average molecular weight is 523 g/mol. The number of amides is 3. The van der Waals surface area contributed by atoms with E-state index in [1.165, 1.54) is 43.6 Å². The molecule has 2 bridgehead atoms. The lowest BCUT2D eigenvalue weighted by atomic mass is 10.1. The minimum Gasteiger partial charge on any atom is -0.496 e. The highest BCUT2D eigenvalue weighted by Crippen LogP contribution is 2.38. The van der Waals surface area contributed by atoms with Gasteiger partial charge >= 0.3 is 6.03 Å². The Bertz CT molecular complexity index is 1370. The third-order valence-electron chi connectivity index (χ3n) is 6.85. The molecular formula is C27H28F2N6O3. The van der Waals surface area contributed by atoms with Crippen molar-refractivity contribution in [3.63, 3.8) is 0 Å². The fourth-order valence-electron chi connectivity index (χ4n) is 5.09. The molecule has 0 spiro atoms. The molecule has 0 aliphatic carbocycles. The summed E-state index contributed by atoms with van der Waals surface area (Å²) in [5.41, 5.74) is 0.966. The van der Waals surface area contributed by atoms with Gasteiger partial charge in [-0.05, 0) is 49.2 Å². The normalized spacial score (nSPS) is 18.0. The lowest BCUT2D eigenvalue weighted by Crippen LogP contribution is -2.52. The Morgan fingerprint density at radius 1 is 1.13 bits per heavy atom. The summed E-state index contributed by atoms with van der Waals surface area (Å²) in [4.78, 5) is 38.0. The summed E-state index contributed by atoms with van der Waals surface area (Å²) in [5, 5.41) is 5.68. The van der Waals surface area contributed by atoms with E-state index in [4.69, 9.17) is 4.74 Å². The Balaban J connectivity index is 1.36. The van der Waals surface area contributed by atoms with Gasteiger partial charge in [0.05, 0.1) is 30.1 Å². The highest BCUT2D eigenvalue weighted by Gasteiger charge is 2.45. The molecule has 0 unspecified atom stereocenters. The average Bonchev–Trinajstić information content (AvgIpc) is 3.53. The number of halogens is 2.